The van der Waals surface area contributed by atoms with Crippen LogP contribution in [0.5, 0.6) is 5.75 Å². The molecule has 0 spiro atoms. The maximum Gasteiger partial charge on any atom is 0.348 e. The quantitative estimate of drug-likeness (QED) is 0.288. The number of benzene rings is 1. The van der Waals surface area contributed by atoms with Crippen molar-refractivity contribution < 1.29 is 23.8 Å². The van der Waals surface area contributed by atoms with E-state index in [2.05, 4.69) is 0 Å². The molecule has 39 heavy (non-hydrogen) atoms. The Kier molecular flexibility index (Phi) is 9.55. The normalized spacial score (nSPS) is 12.6. The average Bonchev–Trinajstić information content (AvgIpc) is 3.23. The van der Waals surface area contributed by atoms with Gasteiger partial charge in [-0.05, 0) is 59.6 Å². The fourth-order valence-corrected chi connectivity index (χ4v) is 5.89. The summed E-state index contributed by atoms with van der Waals surface area (Å²) < 4.78 is 19.5. The van der Waals surface area contributed by atoms with E-state index in [0.717, 1.165) is 21.5 Å². The summed E-state index contributed by atoms with van der Waals surface area (Å²) in [7, 11) is 1.56. The van der Waals surface area contributed by atoms with Crippen LogP contribution < -0.4 is 16.0 Å². The van der Waals surface area contributed by atoms with Crippen LogP contribution in [0, 0.1) is 6.92 Å². The number of nitrogens with zero attached hydrogens (tertiary/aromatic N) is 2. The average molecular weight is 559 g/mol. The fraction of sp³-hybridized carbons (Fsp3) is 0.517. The number of methoxy groups -OCH3 is 1. The first-order chi connectivity index (χ1) is 18.4. The Labute approximate surface area is 232 Å². The summed E-state index contributed by atoms with van der Waals surface area (Å²) in [5.74, 6) is -0.204. The van der Waals surface area contributed by atoms with Gasteiger partial charge in [-0.2, -0.15) is 0 Å². The number of para-hydroxylation sites is 1. The standard InChI is InChI=1S/C29H38N2O7S/c1-9-13-22(32)29(6,7)31-25(33)23-18(5)24(27(34)37-10-2)39-26(23)30(28(31)35)16-21(38-17(3)4)19-14-11-12-15-20(19)36-8/h11-12,14-15,17,21H,9-10,13,16H2,1-8H3/t21-/m0/s1. The number of hydrogen-bond donors (Lipinski definition) is 0. The molecule has 0 N–H and O–H groups in total. The smallest absolute Gasteiger partial charge is 0.348 e. The van der Waals surface area contributed by atoms with Crippen LogP contribution in [0.2, 0.25) is 0 Å². The number of hydrogen-bond acceptors (Lipinski definition) is 8. The van der Waals surface area contributed by atoms with Gasteiger partial charge in [0.25, 0.3) is 5.56 Å². The lowest BCUT2D eigenvalue weighted by Crippen LogP contribution is -2.52. The van der Waals surface area contributed by atoms with Crippen molar-refractivity contribution >= 4 is 33.3 Å². The lowest BCUT2D eigenvalue weighted by atomic mass is 9.95. The largest absolute Gasteiger partial charge is 0.496 e. The number of carbonyl (C=O) groups is 2. The maximum atomic E-state index is 14.2. The van der Waals surface area contributed by atoms with Gasteiger partial charge >= 0.3 is 11.7 Å². The number of fused-ring (bicyclic) bond motifs is 1. The van der Waals surface area contributed by atoms with Gasteiger partial charge in [-0.3, -0.25) is 14.2 Å². The van der Waals surface area contributed by atoms with Gasteiger partial charge in [-0.25, -0.2) is 14.2 Å². The second kappa shape index (κ2) is 12.3. The minimum Gasteiger partial charge on any atom is -0.496 e. The van der Waals surface area contributed by atoms with Crippen LogP contribution in [0.1, 0.15) is 81.3 Å². The number of aryl methyl sites for hydroxylation is 1. The lowest BCUT2D eigenvalue weighted by Gasteiger charge is -2.28. The van der Waals surface area contributed by atoms with Crippen molar-refractivity contribution in [2.45, 2.75) is 85.6 Å². The van der Waals surface area contributed by atoms with Gasteiger partial charge in [0.1, 0.15) is 27.1 Å². The van der Waals surface area contributed by atoms with Gasteiger partial charge in [-0.15, -0.1) is 11.3 Å². The van der Waals surface area contributed by atoms with E-state index in [9.17, 15) is 19.2 Å². The highest BCUT2D eigenvalue weighted by Crippen LogP contribution is 2.33. The van der Waals surface area contributed by atoms with E-state index in [-0.39, 0.29) is 41.7 Å². The Morgan fingerprint density at radius 2 is 1.77 bits per heavy atom. The summed E-state index contributed by atoms with van der Waals surface area (Å²) >= 11 is 1.03. The van der Waals surface area contributed by atoms with Crippen LogP contribution in [0.25, 0.3) is 10.2 Å². The molecule has 0 aliphatic rings. The molecule has 212 valence electrons. The summed E-state index contributed by atoms with van der Waals surface area (Å²) in [6.45, 7) is 12.4. The molecule has 0 saturated carbocycles. The first-order valence-electron chi connectivity index (χ1n) is 13.2. The van der Waals surface area contributed by atoms with E-state index >= 15 is 0 Å². The third-order valence-corrected chi connectivity index (χ3v) is 7.96. The van der Waals surface area contributed by atoms with Crippen molar-refractivity contribution in [2.75, 3.05) is 13.7 Å². The zero-order valence-electron chi connectivity index (χ0n) is 24.0. The van der Waals surface area contributed by atoms with Crippen LogP contribution in [0.15, 0.2) is 33.9 Å². The molecule has 1 atom stereocenters. The third-order valence-electron chi connectivity index (χ3n) is 6.66. The van der Waals surface area contributed by atoms with Crippen molar-refractivity contribution in [2.24, 2.45) is 0 Å². The Bertz CT molecular complexity index is 1480. The molecule has 10 heteroatoms. The second-order valence-electron chi connectivity index (χ2n) is 10.1. The van der Waals surface area contributed by atoms with E-state index in [1.165, 1.54) is 4.57 Å². The number of esters is 1. The summed E-state index contributed by atoms with van der Waals surface area (Å²) in [5.41, 5.74) is -1.52. The Balaban J connectivity index is 2.40. The van der Waals surface area contributed by atoms with Crippen molar-refractivity contribution in [3.05, 3.63) is 61.1 Å². The van der Waals surface area contributed by atoms with E-state index in [1.54, 1.807) is 34.8 Å². The molecule has 3 rings (SSSR count). The molecule has 0 bridgehead atoms. The molecule has 1 aromatic carbocycles. The van der Waals surface area contributed by atoms with Crippen molar-refractivity contribution in [1.29, 1.82) is 0 Å². The predicted octanol–water partition coefficient (Wildman–Crippen LogP) is 4.99. The zero-order chi connectivity index (χ0) is 29.1. The van der Waals surface area contributed by atoms with Crippen molar-refractivity contribution in [3.8, 4) is 5.75 Å². The van der Waals surface area contributed by atoms with E-state index in [4.69, 9.17) is 14.2 Å². The number of thiophene rings is 1. The number of ketones is 1. The number of rotatable bonds is 12. The molecule has 0 saturated heterocycles. The number of carbonyl (C=O) groups excluding carboxylic acids is 2. The molecule has 0 fully saturated rings. The number of aromatic nitrogens is 2. The first-order valence-corrected chi connectivity index (χ1v) is 14.0. The van der Waals surface area contributed by atoms with Gasteiger partial charge in [-0.1, -0.05) is 25.1 Å². The van der Waals surface area contributed by atoms with Crippen LogP contribution in [-0.4, -0.2) is 40.7 Å². The molecule has 9 nitrogen and oxygen atoms in total. The highest BCUT2D eigenvalue weighted by Gasteiger charge is 2.35. The maximum absolute atomic E-state index is 14.2. The molecule has 0 aliphatic carbocycles. The fourth-order valence-electron chi connectivity index (χ4n) is 4.69. The van der Waals surface area contributed by atoms with Crippen LogP contribution in [0.3, 0.4) is 0 Å². The van der Waals surface area contributed by atoms with Gasteiger partial charge in [0.2, 0.25) is 0 Å². The van der Waals surface area contributed by atoms with E-state index in [1.807, 2.05) is 45.0 Å². The molecular formula is C29H38N2O7S. The molecular weight excluding hydrogens is 520 g/mol. The summed E-state index contributed by atoms with van der Waals surface area (Å²) in [6, 6.07) is 7.37. The van der Waals surface area contributed by atoms with Crippen LogP contribution >= 0.6 is 11.3 Å². The molecule has 0 radical (unpaired) electrons. The van der Waals surface area contributed by atoms with Gasteiger partial charge in [0, 0.05) is 12.0 Å². The highest BCUT2D eigenvalue weighted by atomic mass is 32.1. The van der Waals surface area contributed by atoms with Crippen molar-refractivity contribution in [3.63, 3.8) is 0 Å². The molecule has 0 unspecified atom stereocenters. The SMILES string of the molecule is CCCC(=O)C(C)(C)n1c(=O)c2c(C)c(C(=O)OCC)sc2n(C[C@H](OC(C)C)c2ccccc2OC)c1=O. The third kappa shape index (κ3) is 5.86. The molecule has 3 aromatic rings. The van der Waals surface area contributed by atoms with Crippen molar-refractivity contribution in [1.82, 2.24) is 9.13 Å². The topological polar surface area (TPSA) is 106 Å². The van der Waals surface area contributed by atoms with Gasteiger partial charge in [0.15, 0.2) is 5.78 Å². The summed E-state index contributed by atoms with van der Waals surface area (Å²) in [6.07, 6.45) is -0.0279. The van der Waals surface area contributed by atoms with E-state index < -0.39 is 28.9 Å². The zero-order valence-corrected chi connectivity index (χ0v) is 24.8. The molecule has 2 aromatic heterocycles. The first kappa shape index (κ1) is 30.3. The predicted molar refractivity (Wildman–Crippen MR) is 152 cm³/mol. The lowest BCUT2D eigenvalue weighted by molar-refractivity contribution is -0.126. The van der Waals surface area contributed by atoms with Crippen LogP contribution in [-0.2, 0) is 26.4 Å². The number of ether oxygens (including phenoxy) is 3. The number of Topliss-reactive ketones (excluding diaryl/α,β-unsaturated/α-hetero) is 1. The van der Waals surface area contributed by atoms with Gasteiger partial charge < -0.3 is 14.2 Å². The minimum absolute atomic E-state index is 0.0223. The van der Waals surface area contributed by atoms with E-state index in [0.29, 0.717) is 22.6 Å². The summed E-state index contributed by atoms with van der Waals surface area (Å²) in [5, 5.41) is 0.211. The molecule has 0 aliphatic heterocycles. The molecule has 0 amide bonds. The van der Waals surface area contributed by atoms with Crippen LogP contribution in [0.4, 0.5) is 0 Å². The molecule has 2 heterocycles. The highest BCUT2D eigenvalue weighted by molar-refractivity contribution is 7.20. The minimum atomic E-state index is -1.41. The van der Waals surface area contributed by atoms with Gasteiger partial charge in [0.05, 0.1) is 31.8 Å². The monoisotopic (exact) mass is 558 g/mol. The Morgan fingerprint density at radius 3 is 2.36 bits per heavy atom. The summed E-state index contributed by atoms with van der Waals surface area (Å²) in [4.78, 5) is 54.6. The Hall–Kier alpha value is -3.24. The Morgan fingerprint density at radius 1 is 1.10 bits per heavy atom. The second-order valence-corrected chi connectivity index (χ2v) is 11.1.